The molecular formula is C14H21NO3S. The quantitative estimate of drug-likeness (QED) is 0.853. The second kappa shape index (κ2) is 5.92. The third-order valence-electron chi connectivity index (χ3n) is 3.75. The molecule has 0 bridgehead atoms. The highest BCUT2D eigenvalue weighted by Crippen LogP contribution is 2.30. The molecule has 0 spiro atoms. The first-order chi connectivity index (χ1) is 9.09. The van der Waals surface area contributed by atoms with E-state index in [2.05, 4.69) is 6.92 Å². The summed E-state index contributed by atoms with van der Waals surface area (Å²) in [5, 5.41) is 0. The van der Waals surface area contributed by atoms with E-state index in [0.717, 1.165) is 19.3 Å². The number of hydrogen-bond donors (Lipinski definition) is 0. The van der Waals surface area contributed by atoms with Crippen molar-refractivity contribution in [2.75, 3.05) is 20.2 Å². The van der Waals surface area contributed by atoms with Crippen molar-refractivity contribution in [2.45, 2.75) is 31.1 Å². The van der Waals surface area contributed by atoms with Gasteiger partial charge in [0.25, 0.3) is 0 Å². The minimum absolute atomic E-state index is 0.272. The van der Waals surface area contributed by atoms with E-state index in [-0.39, 0.29) is 4.90 Å². The Kier molecular flexibility index (Phi) is 4.47. The Balaban J connectivity index is 2.31. The van der Waals surface area contributed by atoms with Gasteiger partial charge >= 0.3 is 0 Å². The minimum Gasteiger partial charge on any atom is -0.495 e. The van der Waals surface area contributed by atoms with E-state index >= 15 is 0 Å². The second-order valence-corrected chi connectivity index (χ2v) is 6.84. The lowest BCUT2D eigenvalue weighted by Crippen LogP contribution is -2.39. The Morgan fingerprint density at radius 2 is 2.11 bits per heavy atom. The zero-order chi connectivity index (χ0) is 13.9. The molecule has 106 valence electrons. The zero-order valence-corrected chi connectivity index (χ0v) is 12.3. The van der Waals surface area contributed by atoms with Crippen LogP contribution in [0.25, 0.3) is 0 Å². The summed E-state index contributed by atoms with van der Waals surface area (Å²) in [7, 11) is -1.94. The molecule has 4 nitrogen and oxygen atoms in total. The summed E-state index contributed by atoms with van der Waals surface area (Å²) < 4.78 is 32.1. The number of para-hydroxylation sites is 1. The number of methoxy groups -OCH3 is 1. The molecule has 5 heteroatoms. The predicted molar refractivity (Wildman–Crippen MR) is 74.8 cm³/mol. The summed E-state index contributed by atoms with van der Waals surface area (Å²) in [6.45, 7) is 3.34. The van der Waals surface area contributed by atoms with Crippen molar-refractivity contribution in [2.24, 2.45) is 5.92 Å². The van der Waals surface area contributed by atoms with E-state index in [9.17, 15) is 8.42 Å². The molecule has 0 N–H and O–H groups in total. The number of sulfonamides is 1. The van der Waals surface area contributed by atoms with Crippen molar-refractivity contribution in [1.82, 2.24) is 4.31 Å². The van der Waals surface area contributed by atoms with Gasteiger partial charge in [0, 0.05) is 13.1 Å². The molecule has 1 unspecified atom stereocenters. The van der Waals surface area contributed by atoms with Crippen molar-refractivity contribution in [3.63, 3.8) is 0 Å². The Morgan fingerprint density at radius 3 is 2.79 bits per heavy atom. The van der Waals surface area contributed by atoms with Crippen molar-refractivity contribution in [3.05, 3.63) is 24.3 Å². The third kappa shape index (κ3) is 2.92. The fraction of sp³-hybridized carbons (Fsp3) is 0.571. The molecular weight excluding hydrogens is 262 g/mol. The first kappa shape index (κ1) is 14.3. The molecule has 0 saturated carbocycles. The van der Waals surface area contributed by atoms with Crippen LogP contribution in [0.2, 0.25) is 0 Å². The van der Waals surface area contributed by atoms with Gasteiger partial charge < -0.3 is 4.74 Å². The molecule has 1 aliphatic rings. The van der Waals surface area contributed by atoms with Crippen LogP contribution in [-0.2, 0) is 10.0 Å². The molecule has 1 fully saturated rings. The summed E-state index contributed by atoms with van der Waals surface area (Å²) >= 11 is 0. The number of nitrogens with zero attached hydrogens (tertiary/aromatic N) is 1. The van der Waals surface area contributed by atoms with E-state index < -0.39 is 10.0 Å². The van der Waals surface area contributed by atoms with Gasteiger partial charge in [0.05, 0.1) is 7.11 Å². The SMILES string of the molecule is CCC1CCCN(S(=O)(=O)c2ccccc2OC)C1. The lowest BCUT2D eigenvalue weighted by atomic mass is 9.97. The van der Waals surface area contributed by atoms with Crippen molar-refractivity contribution in [3.8, 4) is 5.75 Å². The highest BCUT2D eigenvalue weighted by Gasteiger charge is 2.31. The van der Waals surface area contributed by atoms with Gasteiger partial charge in [-0.1, -0.05) is 25.5 Å². The summed E-state index contributed by atoms with van der Waals surface area (Å²) in [5.41, 5.74) is 0. The summed E-state index contributed by atoms with van der Waals surface area (Å²) in [6.07, 6.45) is 3.08. The molecule has 1 aromatic rings. The highest BCUT2D eigenvalue weighted by atomic mass is 32.2. The maximum Gasteiger partial charge on any atom is 0.246 e. The number of ether oxygens (including phenoxy) is 1. The topological polar surface area (TPSA) is 46.6 Å². The third-order valence-corrected chi connectivity index (χ3v) is 5.65. The minimum atomic E-state index is -3.44. The predicted octanol–water partition coefficient (Wildman–Crippen LogP) is 2.51. The van der Waals surface area contributed by atoms with Crippen LogP contribution in [0.4, 0.5) is 0 Å². The van der Waals surface area contributed by atoms with Crippen molar-refractivity contribution >= 4 is 10.0 Å². The Hall–Kier alpha value is -1.07. The van der Waals surface area contributed by atoms with Crippen LogP contribution in [0, 0.1) is 5.92 Å². The van der Waals surface area contributed by atoms with Crippen molar-refractivity contribution < 1.29 is 13.2 Å². The monoisotopic (exact) mass is 283 g/mol. The molecule has 0 amide bonds. The first-order valence-electron chi connectivity index (χ1n) is 6.72. The van der Waals surface area contributed by atoms with Crippen LogP contribution in [0.1, 0.15) is 26.2 Å². The molecule has 1 saturated heterocycles. The van der Waals surface area contributed by atoms with Gasteiger partial charge in [-0.15, -0.1) is 0 Å². The lowest BCUT2D eigenvalue weighted by molar-refractivity contribution is 0.260. The molecule has 1 aromatic carbocycles. The van der Waals surface area contributed by atoms with Gasteiger partial charge in [-0.2, -0.15) is 4.31 Å². The Labute approximate surface area is 115 Å². The second-order valence-electron chi connectivity index (χ2n) is 4.93. The van der Waals surface area contributed by atoms with Crippen LogP contribution in [-0.4, -0.2) is 32.9 Å². The Morgan fingerprint density at radius 1 is 1.37 bits per heavy atom. The lowest BCUT2D eigenvalue weighted by Gasteiger charge is -2.31. The van der Waals surface area contributed by atoms with Crippen LogP contribution in [0.3, 0.4) is 0 Å². The number of piperidine rings is 1. The molecule has 2 rings (SSSR count). The number of rotatable bonds is 4. The van der Waals surface area contributed by atoms with Crippen molar-refractivity contribution in [1.29, 1.82) is 0 Å². The Bertz CT molecular complexity index is 527. The molecule has 1 aliphatic heterocycles. The molecule has 0 aliphatic carbocycles. The van der Waals surface area contributed by atoms with Gasteiger partial charge in [0.15, 0.2) is 0 Å². The average Bonchev–Trinajstić information content (AvgIpc) is 2.47. The zero-order valence-electron chi connectivity index (χ0n) is 11.5. The molecule has 1 atom stereocenters. The standard InChI is InChI=1S/C14H21NO3S/c1-3-12-7-6-10-15(11-12)19(16,17)14-9-5-4-8-13(14)18-2/h4-5,8-9,12H,3,6-7,10-11H2,1-2H3. The average molecular weight is 283 g/mol. The summed E-state index contributed by atoms with van der Waals surface area (Å²) in [6, 6.07) is 6.82. The van der Waals surface area contributed by atoms with Gasteiger partial charge in [-0.25, -0.2) is 8.42 Å². The normalized spacial score (nSPS) is 21.3. The van der Waals surface area contributed by atoms with Gasteiger partial charge in [-0.05, 0) is 30.9 Å². The van der Waals surface area contributed by atoms with Crippen LogP contribution >= 0.6 is 0 Å². The maximum absolute atomic E-state index is 12.7. The number of benzene rings is 1. The highest BCUT2D eigenvalue weighted by molar-refractivity contribution is 7.89. The molecule has 0 radical (unpaired) electrons. The molecule has 19 heavy (non-hydrogen) atoms. The molecule has 0 aromatic heterocycles. The van der Waals surface area contributed by atoms with E-state index in [4.69, 9.17) is 4.74 Å². The molecule has 1 heterocycles. The first-order valence-corrected chi connectivity index (χ1v) is 8.16. The van der Waals surface area contributed by atoms with E-state index in [0.29, 0.717) is 24.8 Å². The van der Waals surface area contributed by atoms with E-state index in [1.54, 1.807) is 28.6 Å². The fourth-order valence-electron chi connectivity index (χ4n) is 2.55. The summed E-state index contributed by atoms with van der Waals surface area (Å²) in [5.74, 6) is 0.888. The van der Waals surface area contributed by atoms with Gasteiger partial charge in [-0.3, -0.25) is 0 Å². The largest absolute Gasteiger partial charge is 0.495 e. The van der Waals surface area contributed by atoms with E-state index in [1.807, 2.05) is 0 Å². The maximum atomic E-state index is 12.7. The summed E-state index contributed by atoms with van der Waals surface area (Å²) in [4.78, 5) is 0.272. The fourth-order valence-corrected chi connectivity index (χ4v) is 4.26. The van der Waals surface area contributed by atoms with Crippen LogP contribution in [0.5, 0.6) is 5.75 Å². The number of hydrogen-bond acceptors (Lipinski definition) is 3. The van der Waals surface area contributed by atoms with Crippen LogP contribution < -0.4 is 4.74 Å². The van der Waals surface area contributed by atoms with Crippen LogP contribution in [0.15, 0.2) is 29.2 Å². The smallest absolute Gasteiger partial charge is 0.246 e. The van der Waals surface area contributed by atoms with E-state index in [1.165, 1.54) is 7.11 Å². The van der Waals surface area contributed by atoms with Gasteiger partial charge in [0.1, 0.15) is 10.6 Å². The van der Waals surface area contributed by atoms with Gasteiger partial charge in [0.2, 0.25) is 10.0 Å².